The van der Waals surface area contributed by atoms with Crippen LogP contribution in [0.5, 0.6) is 0 Å². The number of halogens is 3. The Bertz CT molecular complexity index is 339. The van der Waals surface area contributed by atoms with Gasteiger partial charge in [-0.2, -0.15) is 8.78 Å². The van der Waals surface area contributed by atoms with Crippen LogP contribution >= 0.6 is 11.6 Å². The van der Waals surface area contributed by atoms with E-state index in [1.54, 1.807) is 0 Å². The van der Waals surface area contributed by atoms with Crippen molar-refractivity contribution in [1.29, 1.82) is 5.41 Å². The van der Waals surface area contributed by atoms with Crippen LogP contribution in [0.4, 0.5) is 8.78 Å². The van der Waals surface area contributed by atoms with E-state index in [-0.39, 0.29) is 10.6 Å². The Labute approximate surface area is 78.8 Å². The first-order chi connectivity index (χ1) is 5.94. The molecule has 0 aliphatic heterocycles. The highest BCUT2D eigenvalue weighted by molar-refractivity contribution is 6.30. The molecule has 1 aromatic carbocycles. The van der Waals surface area contributed by atoms with Gasteiger partial charge >= 0.3 is 5.92 Å². The van der Waals surface area contributed by atoms with Crippen LogP contribution in [0, 0.1) is 5.41 Å². The van der Waals surface area contributed by atoms with Crippen LogP contribution in [0.15, 0.2) is 24.3 Å². The maximum atomic E-state index is 13.1. The first-order valence-corrected chi connectivity index (χ1v) is 3.80. The molecule has 0 spiro atoms. The zero-order valence-electron chi connectivity index (χ0n) is 6.52. The summed E-state index contributed by atoms with van der Waals surface area (Å²) >= 11 is 5.51. The molecule has 1 rings (SSSR count). The second kappa shape index (κ2) is 3.30. The largest absolute Gasteiger partial charge is 0.382 e. The maximum Gasteiger partial charge on any atom is 0.328 e. The minimum absolute atomic E-state index is 0.193. The fourth-order valence-electron chi connectivity index (χ4n) is 0.839. The van der Waals surface area contributed by atoms with Crippen molar-refractivity contribution in [3.05, 3.63) is 34.9 Å². The summed E-state index contributed by atoms with van der Waals surface area (Å²) in [4.78, 5) is 0. The van der Waals surface area contributed by atoms with Crippen LogP contribution < -0.4 is 5.73 Å². The van der Waals surface area contributed by atoms with E-state index >= 15 is 0 Å². The van der Waals surface area contributed by atoms with E-state index in [1.165, 1.54) is 18.2 Å². The van der Waals surface area contributed by atoms with Gasteiger partial charge in [-0.15, -0.1) is 0 Å². The number of amidine groups is 1. The summed E-state index contributed by atoms with van der Waals surface area (Å²) in [5.74, 6) is -4.62. The molecular weight excluding hydrogens is 198 g/mol. The van der Waals surface area contributed by atoms with Crippen molar-refractivity contribution in [3.8, 4) is 0 Å². The smallest absolute Gasteiger partial charge is 0.328 e. The molecule has 1 aromatic rings. The van der Waals surface area contributed by atoms with Crippen LogP contribution in [0.1, 0.15) is 5.56 Å². The lowest BCUT2D eigenvalue weighted by atomic mass is 10.1. The second-order valence-corrected chi connectivity index (χ2v) is 2.93. The molecule has 0 aliphatic carbocycles. The third-order valence-corrected chi connectivity index (χ3v) is 1.76. The normalized spacial score (nSPS) is 11.3. The average molecular weight is 205 g/mol. The first-order valence-electron chi connectivity index (χ1n) is 3.43. The highest BCUT2D eigenvalue weighted by Crippen LogP contribution is 2.29. The van der Waals surface area contributed by atoms with Crippen LogP contribution in [0.2, 0.25) is 5.02 Å². The van der Waals surface area contributed by atoms with Gasteiger partial charge in [0.25, 0.3) is 0 Å². The molecule has 0 aliphatic rings. The predicted octanol–water partition coefficient (Wildman–Crippen LogP) is 2.37. The standard InChI is InChI=1S/C8H7ClF2N2/c9-6-3-1-2-5(4-6)8(10,11)7(12)13/h1-4H,(H3,12,13). The van der Waals surface area contributed by atoms with Gasteiger partial charge in [0.15, 0.2) is 5.84 Å². The molecule has 0 unspecified atom stereocenters. The van der Waals surface area contributed by atoms with Gasteiger partial charge in [0.2, 0.25) is 0 Å². The molecule has 2 nitrogen and oxygen atoms in total. The third kappa shape index (κ3) is 1.95. The Morgan fingerprint density at radius 1 is 1.46 bits per heavy atom. The number of hydrogen-bond donors (Lipinski definition) is 2. The predicted molar refractivity (Wildman–Crippen MR) is 47.3 cm³/mol. The highest BCUT2D eigenvalue weighted by atomic mass is 35.5. The zero-order chi connectivity index (χ0) is 10.1. The van der Waals surface area contributed by atoms with Gasteiger partial charge in [-0.3, -0.25) is 5.41 Å². The quantitative estimate of drug-likeness (QED) is 0.564. The zero-order valence-corrected chi connectivity index (χ0v) is 7.28. The van der Waals surface area contributed by atoms with Crippen LogP contribution in [-0.4, -0.2) is 5.84 Å². The van der Waals surface area contributed by atoms with Gasteiger partial charge in [-0.05, 0) is 12.1 Å². The molecule has 0 radical (unpaired) electrons. The van der Waals surface area contributed by atoms with Crippen LogP contribution in [-0.2, 0) is 5.92 Å². The van der Waals surface area contributed by atoms with Crippen molar-refractivity contribution in [2.45, 2.75) is 5.92 Å². The molecule has 13 heavy (non-hydrogen) atoms. The van der Waals surface area contributed by atoms with Crippen molar-refractivity contribution < 1.29 is 8.78 Å². The Hall–Kier alpha value is -1.16. The molecule has 70 valence electrons. The number of hydrogen-bond acceptors (Lipinski definition) is 1. The van der Waals surface area contributed by atoms with Crippen molar-refractivity contribution >= 4 is 17.4 Å². The minimum Gasteiger partial charge on any atom is -0.382 e. The fraction of sp³-hybridized carbons (Fsp3) is 0.125. The molecular formula is C8H7ClF2N2. The highest BCUT2D eigenvalue weighted by Gasteiger charge is 2.35. The number of benzene rings is 1. The van der Waals surface area contributed by atoms with E-state index < -0.39 is 11.8 Å². The molecule has 0 saturated carbocycles. The van der Waals surface area contributed by atoms with E-state index in [9.17, 15) is 8.78 Å². The van der Waals surface area contributed by atoms with Gasteiger partial charge < -0.3 is 5.73 Å². The summed E-state index contributed by atoms with van der Waals surface area (Å²) in [5, 5.41) is 6.88. The summed E-state index contributed by atoms with van der Waals surface area (Å²) in [7, 11) is 0. The number of rotatable bonds is 2. The lowest BCUT2D eigenvalue weighted by Crippen LogP contribution is -2.32. The van der Waals surface area contributed by atoms with Crippen molar-refractivity contribution in [2.75, 3.05) is 0 Å². The summed E-state index contributed by atoms with van der Waals surface area (Å²) in [6.07, 6.45) is 0. The Kier molecular flexibility index (Phi) is 2.52. The maximum absolute atomic E-state index is 13.1. The minimum atomic E-state index is -3.44. The van der Waals surface area contributed by atoms with Crippen LogP contribution in [0.3, 0.4) is 0 Å². The number of alkyl halides is 2. The molecule has 0 fully saturated rings. The van der Waals surface area contributed by atoms with E-state index in [4.69, 9.17) is 22.7 Å². The van der Waals surface area contributed by atoms with Gasteiger partial charge in [0.05, 0.1) is 0 Å². The van der Waals surface area contributed by atoms with Crippen LogP contribution in [0.25, 0.3) is 0 Å². The van der Waals surface area contributed by atoms with Crippen molar-refractivity contribution in [2.24, 2.45) is 5.73 Å². The van der Waals surface area contributed by atoms with Gasteiger partial charge in [0.1, 0.15) is 0 Å². The van der Waals surface area contributed by atoms with Crippen molar-refractivity contribution in [1.82, 2.24) is 0 Å². The molecule has 3 N–H and O–H groups in total. The molecule has 5 heteroatoms. The number of nitrogens with two attached hydrogens (primary N) is 1. The van der Waals surface area contributed by atoms with E-state index in [1.807, 2.05) is 0 Å². The average Bonchev–Trinajstić information content (AvgIpc) is 2.04. The summed E-state index contributed by atoms with van der Waals surface area (Å²) in [5.41, 5.74) is 4.37. The van der Waals surface area contributed by atoms with E-state index in [0.29, 0.717) is 0 Å². The van der Waals surface area contributed by atoms with Crippen molar-refractivity contribution in [3.63, 3.8) is 0 Å². The molecule has 0 aromatic heterocycles. The van der Waals surface area contributed by atoms with E-state index in [2.05, 4.69) is 0 Å². The summed E-state index contributed by atoms with van der Waals surface area (Å²) in [6, 6.07) is 5.12. The van der Waals surface area contributed by atoms with Gasteiger partial charge in [-0.1, -0.05) is 23.7 Å². The molecule has 0 saturated heterocycles. The lowest BCUT2D eigenvalue weighted by Gasteiger charge is -2.14. The van der Waals surface area contributed by atoms with Gasteiger partial charge in [0, 0.05) is 10.6 Å². The molecule has 0 heterocycles. The third-order valence-electron chi connectivity index (χ3n) is 1.53. The van der Waals surface area contributed by atoms with Gasteiger partial charge in [-0.25, -0.2) is 0 Å². The summed E-state index contributed by atoms with van der Waals surface area (Å²) < 4.78 is 26.1. The second-order valence-electron chi connectivity index (χ2n) is 2.50. The first kappa shape index (κ1) is 9.92. The Morgan fingerprint density at radius 3 is 2.54 bits per heavy atom. The molecule has 0 amide bonds. The number of nitrogens with one attached hydrogen (secondary N) is 1. The Morgan fingerprint density at radius 2 is 2.08 bits per heavy atom. The Balaban J connectivity index is 3.14. The summed E-state index contributed by atoms with van der Waals surface area (Å²) in [6.45, 7) is 0. The lowest BCUT2D eigenvalue weighted by molar-refractivity contribution is 0.0734. The topological polar surface area (TPSA) is 49.9 Å². The molecule has 0 bridgehead atoms. The fourth-order valence-corrected chi connectivity index (χ4v) is 1.03. The molecule has 0 atom stereocenters. The SMILES string of the molecule is N=C(N)C(F)(F)c1cccc(Cl)c1. The van der Waals surface area contributed by atoms with E-state index in [0.717, 1.165) is 6.07 Å². The monoisotopic (exact) mass is 204 g/mol.